The number of aliphatic carboxylic acids is 1. The fraction of sp³-hybridized carbons (Fsp3) is 0.308. The number of anilines is 1. The molecule has 0 saturated heterocycles. The molecule has 0 aromatic heterocycles. The molecule has 1 aromatic rings. The quantitative estimate of drug-likeness (QED) is 0.837. The maximum absolute atomic E-state index is 12.1. The van der Waals surface area contributed by atoms with Gasteiger partial charge >= 0.3 is 5.97 Å². The molecule has 0 atom stereocenters. The fourth-order valence-corrected chi connectivity index (χ4v) is 1.95. The molecule has 2 amide bonds. The number of amides is 2. The standard InChI is InChI=1S/C13H14N2O4/c1-15(5-4-12(17)18)13(19)8-2-3-10-9(6-8)7-11(16)14-10/h2-3,6H,4-5,7H2,1H3,(H,14,16)(H,17,18). The van der Waals surface area contributed by atoms with Gasteiger partial charge in [0.2, 0.25) is 5.91 Å². The fourth-order valence-electron chi connectivity index (χ4n) is 1.95. The molecule has 1 aliphatic rings. The van der Waals surface area contributed by atoms with Gasteiger partial charge in [0.25, 0.3) is 5.91 Å². The third-order valence-electron chi connectivity index (χ3n) is 2.99. The number of benzene rings is 1. The van der Waals surface area contributed by atoms with Crippen LogP contribution in [0.5, 0.6) is 0 Å². The van der Waals surface area contributed by atoms with Crippen molar-refractivity contribution in [3.05, 3.63) is 29.3 Å². The van der Waals surface area contributed by atoms with Crippen LogP contribution in [0.4, 0.5) is 5.69 Å². The van der Waals surface area contributed by atoms with Gasteiger partial charge in [-0.1, -0.05) is 0 Å². The highest BCUT2D eigenvalue weighted by Crippen LogP contribution is 2.24. The van der Waals surface area contributed by atoms with Crippen molar-refractivity contribution in [3.8, 4) is 0 Å². The van der Waals surface area contributed by atoms with Gasteiger partial charge in [-0.15, -0.1) is 0 Å². The van der Waals surface area contributed by atoms with Gasteiger partial charge in [-0.3, -0.25) is 14.4 Å². The van der Waals surface area contributed by atoms with Crippen molar-refractivity contribution < 1.29 is 19.5 Å². The second-order valence-electron chi connectivity index (χ2n) is 4.47. The predicted octanol–water partition coefficient (Wildman–Crippen LogP) is 0.728. The van der Waals surface area contributed by atoms with Crippen LogP contribution in [-0.2, 0) is 16.0 Å². The molecular formula is C13H14N2O4. The van der Waals surface area contributed by atoms with Crippen LogP contribution in [0.25, 0.3) is 0 Å². The minimum atomic E-state index is -0.941. The largest absolute Gasteiger partial charge is 0.481 e. The van der Waals surface area contributed by atoms with Crippen LogP contribution in [0, 0.1) is 0 Å². The summed E-state index contributed by atoms with van der Waals surface area (Å²) in [5.74, 6) is -1.27. The first-order valence-corrected chi connectivity index (χ1v) is 5.87. The molecule has 0 radical (unpaired) electrons. The van der Waals surface area contributed by atoms with E-state index in [1.54, 1.807) is 25.2 Å². The predicted molar refractivity (Wildman–Crippen MR) is 68.0 cm³/mol. The molecule has 2 N–H and O–H groups in total. The number of hydrogen-bond acceptors (Lipinski definition) is 3. The van der Waals surface area contributed by atoms with Crippen LogP contribution in [-0.4, -0.2) is 41.4 Å². The zero-order valence-corrected chi connectivity index (χ0v) is 10.5. The number of rotatable bonds is 4. The van der Waals surface area contributed by atoms with E-state index in [4.69, 9.17) is 5.11 Å². The molecule has 0 fully saturated rings. The molecule has 19 heavy (non-hydrogen) atoms. The highest BCUT2D eigenvalue weighted by Gasteiger charge is 2.20. The molecule has 0 saturated carbocycles. The van der Waals surface area contributed by atoms with Gasteiger partial charge in [-0.05, 0) is 23.8 Å². The van der Waals surface area contributed by atoms with Crippen LogP contribution in [0.1, 0.15) is 22.3 Å². The number of nitrogens with one attached hydrogen (secondary N) is 1. The molecule has 100 valence electrons. The van der Waals surface area contributed by atoms with E-state index < -0.39 is 5.97 Å². The summed E-state index contributed by atoms with van der Waals surface area (Å²) in [7, 11) is 1.56. The number of nitrogens with zero attached hydrogens (tertiary/aromatic N) is 1. The Morgan fingerprint density at radius 1 is 1.42 bits per heavy atom. The molecule has 0 bridgehead atoms. The number of fused-ring (bicyclic) bond motifs is 1. The Hall–Kier alpha value is -2.37. The summed E-state index contributed by atoms with van der Waals surface area (Å²) in [6.07, 6.45) is 0.183. The van der Waals surface area contributed by atoms with Crippen LogP contribution in [0.2, 0.25) is 0 Å². The summed E-state index contributed by atoms with van der Waals surface area (Å²) in [5.41, 5.74) is 1.99. The van der Waals surface area contributed by atoms with Crippen molar-refractivity contribution in [1.29, 1.82) is 0 Å². The molecular weight excluding hydrogens is 248 g/mol. The van der Waals surface area contributed by atoms with E-state index in [0.29, 0.717) is 5.56 Å². The average Bonchev–Trinajstić information content (AvgIpc) is 2.73. The zero-order valence-electron chi connectivity index (χ0n) is 10.5. The van der Waals surface area contributed by atoms with Crippen molar-refractivity contribution in [2.75, 3.05) is 18.9 Å². The Balaban J connectivity index is 2.10. The van der Waals surface area contributed by atoms with E-state index in [-0.39, 0.29) is 31.2 Å². The van der Waals surface area contributed by atoms with Crippen LogP contribution < -0.4 is 5.32 Å². The first-order valence-electron chi connectivity index (χ1n) is 5.87. The highest BCUT2D eigenvalue weighted by molar-refractivity contribution is 6.01. The third kappa shape index (κ3) is 2.90. The molecule has 6 heteroatoms. The molecule has 1 heterocycles. The summed E-state index contributed by atoms with van der Waals surface area (Å²) in [6, 6.07) is 5.00. The molecule has 0 spiro atoms. The smallest absolute Gasteiger partial charge is 0.305 e. The lowest BCUT2D eigenvalue weighted by molar-refractivity contribution is -0.137. The molecule has 1 aliphatic heterocycles. The van der Waals surface area contributed by atoms with Gasteiger partial charge < -0.3 is 15.3 Å². The first kappa shape index (κ1) is 13.1. The van der Waals surface area contributed by atoms with Crippen molar-refractivity contribution >= 4 is 23.5 Å². The summed E-state index contributed by atoms with van der Waals surface area (Å²) in [6.45, 7) is 0.155. The Kier molecular flexibility index (Phi) is 3.50. The lowest BCUT2D eigenvalue weighted by Crippen LogP contribution is -2.29. The summed E-state index contributed by atoms with van der Waals surface area (Å²) < 4.78 is 0. The summed E-state index contributed by atoms with van der Waals surface area (Å²) in [5, 5.41) is 11.3. The SMILES string of the molecule is CN(CCC(=O)O)C(=O)c1ccc2c(c1)CC(=O)N2. The zero-order chi connectivity index (χ0) is 14.0. The van der Waals surface area contributed by atoms with E-state index in [2.05, 4.69) is 5.32 Å². The minimum Gasteiger partial charge on any atom is -0.481 e. The monoisotopic (exact) mass is 262 g/mol. The van der Waals surface area contributed by atoms with E-state index in [9.17, 15) is 14.4 Å². The number of carboxylic acids is 1. The lowest BCUT2D eigenvalue weighted by atomic mass is 10.1. The Bertz CT molecular complexity index is 554. The Morgan fingerprint density at radius 2 is 2.16 bits per heavy atom. The van der Waals surface area contributed by atoms with Gasteiger partial charge in [-0.2, -0.15) is 0 Å². The minimum absolute atomic E-state index is 0.0844. The van der Waals surface area contributed by atoms with E-state index in [1.165, 1.54) is 4.90 Å². The number of hydrogen-bond donors (Lipinski definition) is 2. The molecule has 0 aliphatic carbocycles. The van der Waals surface area contributed by atoms with Gasteiger partial charge in [0, 0.05) is 24.8 Å². The van der Waals surface area contributed by atoms with Crippen molar-refractivity contribution in [2.24, 2.45) is 0 Å². The number of carbonyl (C=O) groups is 3. The van der Waals surface area contributed by atoms with Crippen molar-refractivity contribution in [3.63, 3.8) is 0 Å². The Labute approximate surface area is 110 Å². The highest BCUT2D eigenvalue weighted by atomic mass is 16.4. The maximum Gasteiger partial charge on any atom is 0.305 e. The summed E-state index contributed by atoms with van der Waals surface area (Å²) in [4.78, 5) is 35.1. The van der Waals surface area contributed by atoms with E-state index >= 15 is 0 Å². The van der Waals surface area contributed by atoms with Crippen molar-refractivity contribution in [2.45, 2.75) is 12.8 Å². The van der Waals surface area contributed by atoms with Crippen LogP contribution in [0.15, 0.2) is 18.2 Å². The maximum atomic E-state index is 12.1. The first-order chi connectivity index (χ1) is 8.97. The number of carboxylic acid groups (broad SMARTS) is 1. The van der Waals surface area contributed by atoms with Crippen LogP contribution >= 0.6 is 0 Å². The van der Waals surface area contributed by atoms with Crippen LogP contribution in [0.3, 0.4) is 0 Å². The lowest BCUT2D eigenvalue weighted by Gasteiger charge is -2.16. The van der Waals surface area contributed by atoms with Crippen molar-refractivity contribution in [1.82, 2.24) is 4.90 Å². The Morgan fingerprint density at radius 3 is 2.84 bits per heavy atom. The van der Waals surface area contributed by atoms with Gasteiger partial charge in [0.1, 0.15) is 0 Å². The summed E-state index contributed by atoms with van der Waals surface area (Å²) >= 11 is 0. The molecule has 1 aromatic carbocycles. The van der Waals surface area contributed by atoms with Gasteiger partial charge in [0.15, 0.2) is 0 Å². The topological polar surface area (TPSA) is 86.7 Å². The second-order valence-corrected chi connectivity index (χ2v) is 4.47. The van der Waals surface area contributed by atoms with E-state index in [0.717, 1.165) is 11.3 Å². The normalized spacial score (nSPS) is 12.8. The van der Waals surface area contributed by atoms with E-state index in [1.807, 2.05) is 0 Å². The third-order valence-corrected chi connectivity index (χ3v) is 2.99. The number of carbonyl (C=O) groups excluding carboxylic acids is 2. The average molecular weight is 262 g/mol. The molecule has 6 nitrogen and oxygen atoms in total. The van der Waals surface area contributed by atoms with Gasteiger partial charge in [0.05, 0.1) is 12.8 Å². The molecule has 0 unspecified atom stereocenters. The van der Waals surface area contributed by atoms with Gasteiger partial charge in [-0.25, -0.2) is 0 Å². The molecule has 2 rings (SSSR count). The second kappa shape index (κ2) is 5.09.